The maximum atomic E-state index is 6.76. The Balaban J connectivity index is 1.05. The fourth-order valence-electron chi connectivity index (χ4n) is 6.56. The van der Waals surface area contributed by atoms with E-state index in [9.17, 15) is 0 Å². The molecule has 0 aromatic heterocycles. The molecule has 0 radical (unpaired) electrons. The number of fused-ring (bicyclic) bond motifs is 2. The third-order valence-corrected chi connectivity index (χ3v) is 9.21. The summed E-state index contributed by atoms with van der Waals surface area (Å²) in [6.45, 7) is 0. The lowest BCUT2D eigenvalue weighted by Crippen LogP contribution is -2.15. The van der Waals surface area contributed by atoms with Gasteiger partial charge in [0.25, 0.3) is 0 Å². The number of nitrogen functional groups attached to an aromatic ring is 2. The Morgan fingerprint density at radius 3 is 1.92 bits per heavy atom. The minimum Gasteiger partial charge on any atom is -0.398 e. The monoisotopic (exact) mass is 635 g/mol. The fraction of sp³-hybridized carbons (Fsp3) is 0.0870. The van der Waals surface area contributed by atoms with Gasteiger partial charge >= 0.3 is 0 Å². The van der Waals surface area contributed by atoms with Crippen molar-refractivity contribution < 1.29 is 0 Å². The van der Waals surface area contributed by atoms with E-state index in [0.29, 0.717) is 0 Å². The van der Waals surface area contributed by atoms with Crippen LogP contribution in [0.5, 0.6) is 0 Å². The molecule has 1 aliphatic rings. The van der Waals surface area contributed by atoms with E-state index in [-0.39, 0.29) is 6.04 Å². The Kier molecular flexibility index (Phi) is 9.52. The summed E-state index contributed by atoms with van der Waals surface area (Å²) >= 11 is 0. The first-order chi connectivity index (χ1) is 24.1. The maximum Gasteiger partial charge on any atom is 0.0708 e. The van der Waals surface area contributed by atoms with Gasteiger partial charge in [-0.05, 0) is 80.6 Å². The van der Waals surface area contributed by atoms with Crippen LogP contribution in [0.4, 0.5) is 17.1 Å². The van der Waals surface area contributed by atoms with Gasteiger partial charge in [0.15, 0.2) is 0 Å². The smallest absolute Gasteiger partial charge is 0.0708 e. The van der Waals surface area contributed by atoms with E-state index < -0.39 is 0 Å². The van der Waals surface area contributed by atoms with E-state index in [2.05, 4.69) is 169 Å². The lowest BCUT2D eigenvalue weighted by molar-refractivity contribution is 0.990. The van der Waals surface area contributed by atoms with Crippen LogP contribution < -0.4 is 16.8 Å². The van der Waals surface area contributed by atoms with Crippen LogP contribution in [0.25, 0.3) is 35.1 Å². The molecule has 3 heteroatoms. The van der Waals surface area contributed by atoms with Crippen LogP contribution in [0.15, 0.2) is 152 Å². The zero-order valence-electron chi connectivity index (χ0n) is 27.6. The Hall–Kier alpha value is -6.06. The molecule has 7 rings (SSSR count). The van der Waals surface area contributed by atoms with Gasteiger partial charge in [-0.1, -0.05) is 170 Å². The summed E-state index contributed by atoms with van der Waals surface area (Å²) in [6.07, 6.45) is 20.0. The summed E-state index contributed by atoms with van der Waals surface area (Å²) in [5, 5.41) is 6.26. The summed E-state index contributed by atoms with van der Waals surface area (Å²) in [5.74, 6) is 0. The van der Waals surface area contributed by atoms with Crippen molar-refractivity contribution in [1.82, 2.24) is 0 Å². The van der Waals surface area contributed by atoms with Crippen molar-refractivity contribution in [2.45, 2.75) is 25.3 Å². The average Bonchev–Trinajstić information content (AvgIpc) is 3.14. The largest absolute Gasteiger partial charge is 0.398 e. The van der Waals surface area contributed by atoms with Gasteiger partial charge in [-0.15, -0.1) is 0 Å². The number of nitrogens with one attached hydrogen (secondary N) is 1. The molecule has 0 bridgehead atoms. The second kappa shape index (κ2) is 14.8. The lowest BCUT2D eigenvalue weighted by atomic mass is 9.91. The number of anilines is 3. The van der Waals surface area contributed by atoms with E-state index in [4.69, 9.17) is 11.5 Å². The van der Waals surface area contributed by atoms with E-state index in [1.54, 1.807) is 0 Å². The quantitative estimate of drug-likeness (QED) is 0.131. The highest BCUT2D eigenvalue weighted by atomic mass is 14.9. The molecule has 0 saturated carbocycles. The number of hydrogen-bond donors (Lipinski definition) is 3. The highest BCUT2D eigenvalue weighted by molar-refractivity contribution is 5.92. The minimum atomic E-state index is 0.0103. The first-order valence-electron chi connectivity index (χ1n) is 17.0. The third kappa shape index (κ3) is 7.42. The summed E-state index contributed by atoms with van der Waals surface area (Å²) in [6, 6.07) is 44.7. The zero-order chi connectivity index (χ0) is 33.4. The topological polar surface area (TPSA) is 64.1 Å². The maximum absolute atomic E-state index is 6.76. The van der Waals surface area contributed by atoms with Crippen molar-refractivity contribution in [3.05, 3.63) is 196 Å². The molecule has 1 atom stereocenters. The molecule has 240 valence electrons. The average molecular weight is 636 g/mol. The van der Waals surface area contributed by atoms with Crippen molar-refractivity contribution in [2.75, 3.05) is 16.8 Å². The van der Waals surface area contributed by atoms with E-state index in [1.165, 1.54) is 33.0 Å². The molecule has 0 spiro atoms. The Bertz CT molecular complexity index is 2190. The van der Waals surface area contributed by atoms with E-state index >= 15 is 0 Å². The molecule has 0 amide bonds. The Morgan fingerprint density at radius 2 is 1.20 bits per heavy atom. The van der Waals surface area contributed by atoms with Crippen LogP contribution in [0, 0.1) is 0 Å². The first-order valence-corrected chi connectivity index (χ1v) is 17.0. The Labute approximate surface area is 289 Å². The van der Waals surface area contributed by atoms with E-state index in [0.717, 1.165) is 58.6 Å². The molecule has 0 fully saturated rings. The second-order valence-electron chi connectivity index (χ2n) is 12.6. The number of allylic oxidation sites excluding steroid dienone is 3. The molecule has 0 aliphatic carbocycles. The fourth-order valence-corrected chi connectivity index (χ4v) is 6.56. The van der Waals surface area contributed by atoms with Crippen LogP contribution in [-0.2, 0) is 19.3 Å². The van der Waals surface area contributed by atoms with Crippen LogP contribution >= 0.6 is 0 Å². The molecule has 0 saturated heterocycles. The molecule has 6 aromatic rings. The second-order valence-corrected chi connectivity index (χ2v) is 12.6. The molecule has 1 unspecified atom stereocenters. The van der Waals surface area contributed by atoms with Gasteiger partial charge in [0.05, 0.1) is 17.4 Å². The molecule has 6 aromatic carbocycles. The summed E-state index contributed by atoms with van der Waals surface area (Å²) in [7, 11) is 0. The van der Waals surface area contributed by atoms with Crippen LogP contribution in [-0.4, -0.2) is 0 Å². The highest BCUT2D eigenvalue weighted by Gasteiger charge is 2.20. The lowest BCUT2D eigenvalue weighted by Gasteiger charge is -2.26. The van der Waals surface area contributed by atoms with Gasteiger partial charge in [0.1, 0.15) is 0 Å². The zero-order valence-corrected chi connectivity index (χ0v) is 27.6. The standard InChI is InChI=1S/C46H41N3/c47-43-32-35(24-25-37(43)20-9-16-33-12-3-1-4-13-33)18-11-19-36-28-30-42(41-23-8-7-22-40(36)41)44-31-29-39-27-26-38(45(48)46(39)49-44)21-10-17-34-14-5-2-6-15-34/h1-15,18,20-32,44,49H,16-17,19,47-48H2/b18-11-,20-9-,21-10-. The normalized spacial score (nSPS) is 14.2. The van der Waals surface area contributed by atoms with Crippen LogP contribution in [0.3, 0.4) is 0 Å². The van der Waals surface area contributed by atoms with Gasteiger partial charge in [-0.25, -0.2) is 0 Å². The minimum absolute atomic E-state index is 0.0103. The van der Waals surface area contributed by atoms with Crippen LogP contribution in [0.1, 0.15) is 50.5 Å². The van der Waals surface area contributed by atoms with Crippen molar-refractivity contribution in [3.8, 4) is 0 Å². The third-order valence-electron chi connectivity index (χ3n) is 9.21. The molecular weight excluding hydrogens is 595 g/mol. The predicted molar refractivity (Wildman–Crippen MR) is 212 cm³/mol. The molecule has 1 heterocycles. The van der Waals surface area contributed by atoms with Gasteiger partial charge in [0.2, 0.25) is 0 Å². The molecule has 3 nitrogen and oxygen atoms in total. The SMILES string of the molecule is Nc1cc(/C=C\Cc2ccc(C3C=Cc4ccc(/C=C\Cc5ccccc5)c(N)c4N3)c3ccccc23)ccc1/C=C\Cc1ccccc1. The van der Waals surface area contributed by atoms with Crippen molar-refractivity contribution in [3.63, 3.8) is 0 Å². The summed E-state index contributed by atoms with van der Waals surface area (Å²) in [4.78, 5) is 0. The number of rotatable bonds is 10. The van der Waals surface area contributed by atoms with Crippen molar-refractivity contribution in [1.29, 1.82) is 0 Å². The molecule has 1 aliphatic heterocycles. The van der Waals surface area contributed by atoms with Gasteiger partial charge in [-0.2, -0.15) is 0 Å². The number of nitrogens with two attached hydrogens (primary N) is 2. The summed E-state index contributed by atoms with van der Waals surface area (Å²) in [5.41, 5.74) is 25.1. The Morgan fingerprint density at radius 1 is 0.571 bits per heavy atom. The predicted octanol–water partition coefficient (Wildman–Crippen LogP) is 11.0. The highest BCUT2D eigenvalue weighted by Crippen LogP contribution is 2.39. The van der Waals surface area contributed by atoms with Gasteiger partial charge in [-0.3, -0.25) is 0 Å². The molecule has 49 heavy (non-hydrogen) atoms. The first kappa shape index (κ1) is 31.5. The van der Waals surface area contributed by atoms with E-state index in [1.807, 2.05) is 12.1 Å². The molecular formula is C46H41N3. The van der Waals surface area contributed by atoms with Crippen molar-refractivity contribution in [2.24, 2.45) is 0 Å². The van der Waals surface area contributed by atoms with Gasteiger partial charge < -0.3 is 16.8 Å². The van der Waals surface area contributed by atoms with Gasteiger partial charge in [0, 0.05) is 5.69 Å². The summed E-state index contributed by atoms with van der Waals surface area (Å²) < 4.78 is 0. The van der Waals surface area contributed by atoms with Crippen LogP contribution in [0.2, 0.25) is 0 Å². The number of hydrogen-bond acceptors (Lipinski definition) is 3. The molecule has 5 N–H and O–H groups in total. The van der Waals surface area contributed by atoms with Crippen molar-refractivity contribution >= 4 is 52.1 Å². The number of benzene rings is 6.